The van der Waals surface area contributed by atoms with E-state index >= 15 is 0 Å². The second-order valence-corrected chi connectivity index (χ2v) is 4.40. The van der Waals surface area contributed by atoms with Gasteiger partial charge in [0, 0.05) is 11.5 Å². The lowest BCUT2D eigenvalue weighted by Crippen LogP contribution is -2.05. The van der Waals surface area contributed by atoms with Crippen molar-refractivity contribution in [2.75, 3.05) is 12.8 Å². The summed E-state index contributed by atoms with van der Waals surface area (Å²) in [7, 11) is 1.64. The van der Waals surface area contributed by atoms with Crippen LogP contribution in [0.15, 0.2) is 30.3 Å². The molecular formula is C16H14N3O. The van der Waals surface area contributed by atoms with E-state index in [1.54, 1.807) is 7.11 Å². The molecule has 0 aliphatic heterocycles. The molecule has 1 aromatic carbocycles. The Morgan fingerprint density at radius 1 is 0.950 bits per heavy atom. The maximum absolute atomic E-state index is 5.81. The molecule has 0 saturated heterocycles. The molecule has 1 aliphatic rings. The molecule has 0 spiro atoms. The summed E-state index contributed by atoms with van der Waals surface area (Å²) in [5.74, 6) is 2.12. The molecule has 0 atom stereocenters. The van der Waals surface area contributed by atoms with E-state index in [2.05, 4.69) is 9.97 Å². The summed E-state index contributed by atoms with van der Waals surface area (Å²) in [5.41, 5.74) is 8.42. The number of nitrogens with two attached hydrogens (primary N) is 1. The number of methoxy groups -OCH3 is 1. The zero-order chi connectivity index (χ0) is 13.9. The Labute approximate surface area is 119 Å². The lowest BCUT2D eigenvalue weighted by atomic mass is 10.0. The summed E-state index contributed by atoms with van der Waals surface area (Å²) in [5, 5.41) is 0. The SMILES string of the molecule is COc1ccc(-c2cc([C]3[CH][CH][CH][CH]3)nc(N)n2)cc1. The minimum Gasteiger partial charge on any atom is -0.497 e. The van der Waals surface area contributed by atoms with Crippen molar-refractivity contribution in [1.82, 2.24) is 9.97 Å². The molecule has 4 heteroatoms. The Bertz CT molecular complexity index is 589. The summed E-state index contributed by atoms with van der Waals surface area (Å²) in [6.45, 7) is 0. The normalized spacial score (nSPS) is 15.4. The minimum absolute atomic E-state index is 0.273. The average molecular weight is 264 g/mol. The van der Waals surface area contributed by atoms with Crippen LogP contribution in [0.3, 0.4) is 0 Å². The van der Waals surface area contributed by atoms with Crippen molar-refractivity contribution in [3.63, 3.8) is 0 Å². The fourth-order valence-corrected chi connectivity index (χ4v) is 2.07. The van der Waals surface area contributed by atoms with Crippen LogP contribution in [-0.4, -0.2) is 17.1 Å². The van der Waals surface area contributed by atoms with E-state index in [-0.39, 0.29) is 5.95 Å². The fraction of sp³-hybridized carbons (Fsp3) is 0.0625. The van der Waals surface area contributed by atoms with Gasteiger partial charge in [0.2, 0.25) is 5.95 Å². The summed E-state index contributed by atoms with van der Waals surface area (Å²) in [6, 6.07) is 9.64. The number of hydrogen-bond donors (Lipinski definition) is 1. The van der Waals surface area contributed by atoms with Crippen LogP contribution in [0, 0.1) is 31.6 Å². The van der Waals surface area contributed by atoms with Crippen LogP contribution in [0.25, 0.3) is 11.3 Å². The van der Waals surface area contributed by atoms with Gasteiger partial charge in [-0.2, -0.15) is 0 Å². The number of hydrogen-bond acceptors (Lipinski definition) is 4. The van der Waals surface area contributed by atoms with E-state index in [4.69, 9.17) is 10.5 Å². The van der Waals surface area contributed by atoms with Gasteiger partial charge in [-0.25, -0.2) is 9.97 Å². The smallest absolute Gasteiger partial charge is 0.220 e. The first-order chi connectivity index (χ1) is 9.76. The predicted molar refractivity (Wildman–Crippen MR) is 78.0 cm³/mol. The molecule has 2 aromatic rings. The van der Waals surface area contributed by atoms with E-state index in [0.29, 0.717) is 0 Å². The third kappa shape index (κ3) is 2.59. The van der Waals surface area contributed by atoms with Gasteiger partial charge in [0.1, 0.15) is 5.75 Å². The molecule has 1 heterocycles. The van der Waals surface area contributed by atoms with Crippen molar-refractivity contribution in [3.8, 4) is 17.0 Å². The number of anilines is 1. The van der Waals surface area contributed by atoms with Crippen LogP contribution in [0.4, 0.5) is 5.95 Å². The standard InChI is InChI=1S/C16H14N3O/c1-20-13-8-6-12(7-9-13)15-10-14(18-16(17)19-15)11-4-2-3-5-11/h2-10H,1H3,(H2,17,18,19). The molecule has 20 heavy (non-hydrogen) atoms. The molecule has 5 radical (unpaired) electrons. The first-order valence-electron chi connectivity index (χ1n) is 6.27. The number of benzene rings is 1. The van der Waals surface area contributed by atoms with Crippen LogP contribution >= 0.6 is 0 Å². The Balaban J connectivity index is 1.95. The monoisotopic (exact) mass is 264 g/mol. The minimum atomic E-state index is 0.273. The van der Waals surface area contributed by atoms with E-state index in [1.165, 1.54) is 0 Å². The zero-order valence-corrected chi connectivity index (χ0v) is 11.1. The molecular weight excluding hydrogens is 250 g/mol. The van der Waals surface area contributed by atoms with Crippen LogP contribution < -0.4 is 10.5 Å². The molecule has 4 nitrogen and oxygen atoms in total. The van der Waals surface area contributed by atoms with Gasteiger partial charge in [-0.1, -0.05) is 0 Å². The van der Waals surface area contributed by atoms with Crippen molar-refractivity contribution in [2.24, 2.45) is 0 Å². The lowest BCUT2D eigenvalue weighted by Gasteiger charge is -2.10. The Morgan fingerprint density at radius 3 is 2.25 bits per heavy atom. The maximum atomic E-state index is 5.81. The molecule has 1 fully saturated rings. The predicted octanol–water partition coefficient (Wildman–Crippen LogP) is 2.49. The summed E-state index contributed by atoms with van der Waals surface area (Å²) >= 11 is 0. The first-order valence-corrected chi connectivity index (χ1v) is 6.27. The molecule has 1 aliphatic carbocycles. The molecule has 0 amide bonds. The number of aromatic nitrogens is 2. The van der Waals surface area contributed by atoms with Gasteiger partial charge in [0.25, 0.3) is 0 Å². The highest BCUT2D eigenvalue weighted by atomic mass is 16.5. The van der Waals surface area contributed by atoms with Gasteiger partial charge in [0.15, 0.2) is 0 Å². The van der Waals surface area contributed by atoms with Gasteiger partial charge in [-0.3, -0.25) is 0 Å². The molecule has 0 bridgehead atoms. The summed E-state index contributed by atoms with van der Waals surface area (Å²) < 4.78 is 5.15. The van der Waals surface area contributed by atoms with Crippen molar-refractivity contribution >= 4 is 5.95 Å². The number of ether oxygens (including phenoxy) is 1. The average Bonchev–Trinajstić information content (AvgIpc) is 3.01. The summed E-state index contributed by atoms with van der Waals surface area (Å²) in [6.07, 6.45) is 7.94. The van der Waals surface area contributed by atoms with Gasteiger partial charge >= 0.3 is 0 Å². The molecule has 1 saturated carbocycles. The third-order valence-electron chi connectivity index (χ3n) is 3.09. The summed E-state index contributed by atoms with van der Waals surface area (Å²) in [4.78, 5) is 8.57. The van der Waals surface area contributed by atoms with Gasteiger partial charge < -0.3 is 10.5 Å². The second kappa shape index (κ2) is 5.49. The molecule has 0 unspecified atom stereocenters. The molecule has 3 rings (SSSR count). The van der Waals surface area contributed by atoms with Crippen LogP contribution in [0.1, 0.15) is 5.69 Å². The largest absolute Gasteiger partial charge is 0.497 e. The third-order valence-corrected chi connectivity index (χ3v) is 3.09. The molecule has 2 N–H and O–H groups in total. The highest BCUT2D eigenvalue weighted by Crippen LogP contribution is 2.31. The van der Waals surface area contributed by atoms with E-state index in [9.17, 15) is 0 Å². The number of nitrogen functional groups attached to an aromatic ring is 1. The van der Waals surface area contributed by atoms with Gasteiger partial charge in [0.05, 0.1) is 18.5 Å². The molecule has 1 aromatic heterocycles. The van der Waals surface area contributed by atoms with E-state index in [0.717, 1.165) is 28.6 Å². The number of rotatable bonds is 3. The Hall–Kier alpha value is -2.10. The van der Waals surface area contributed by atoms with E-state index < -0.39 is 0 Å². The lowest BCUT2D eigenvalue weighted by molar-refractivity contribution is 0.415. The van der Waals surface area contributed by atoms with Gasteiger partial charge in [-0.15, -0.1) is 0 Å². The zero-order valence-electron chi connectivity index (χ0n) is 11.1. The highest BCUT2D eigenvalue weighted by Gasteiger charge is 2.21. The number of nitrogens with zero attached hydrogens (tertiary/aromatic N) is 2. The first kappa shape index (κ1) is 12.9. The highest BCUT2D eigenvalue weighted by molar-refractivity contribution is 5.63. The Kier molecular flexibility index (Phi) is 3.54. The van der Waals surface area contributed by atoms with Gasteiger partial charge in [-0.05, 0) is 56.0 Å². The fourth-order valence-electron chi connectivity index (χ4n) is 2.07. The van der Waals surface area contributed by atoms with Crippen LogP contribution in [0.5, 0.6) is 5.75 Å². The topological polar surface area (TPSA) is 61.0 Å². The molecule has 99 valence electrons. The Morgan fingerprint density at radius 2 is 1.60 bits per heavy atom. The van der Waals surface area contributed by atoms with Crippen LogP contribution in [0.2, 0.25) is 0 Å². The quantitative estimate of drug-likeness (QED) is 0.925. The van der Waals surface area contributed by atoms with Crippen molar-refractivity contribution in [2.45, 2.75) is 0 Å². The second-order valence-electron chi connectivity index (χ2n) is 4.40. The van der Waals surface area contributed by atoms with E-state index in [1.807, 2.05) is 56.0 Å². The van der Waals surface area contributed by atoms with Crippen molar-refractivity contribution < 1.29 is 4.74 Å². The maximum Gasteiger partial charge on any atom is 0.220 e. The van der Waals surface area contributed by atoms with Crippen LogP contribution in [-0.2, 0) is 0 Å². The van der Waals surface area contributed by atoms with Crippen molar-refractivity contribution in [1.29, 1.82) is 0 Å². The van der Waals surface area contributed by atoms with Crippen molar-refractivity contribution in [3.05, 3.63) is 67.6 Å².